The molecule has 41 heavy (non-hydrogen) atoms. The molecule has 2 aromatic carbocycles. The van der Waals surface area contributed by atoms with Crippen LogP contribution in [0.2, 0.25) is 0 Å². The van der Waals surface area contributed by atoms with Crippen LogP contribution >= 0.6 is 11.3 Å². The molecule has 0 fully saturated rings. The van der Waals surface area contributed by atoms with Gasteiger partial charge in [-0.1, -0.05) is 27.7 Å². The van der Waals surface area contributed by atoms with E-state index in [-0.39, 0.29) is 15.3 Å². The van der Waals surface area contributed by atoms with Gasteiger partial charge in [-0.3, -0.25) is 0 Å². The number of sulfonamides is 1. The molecule has 0 unspecified atom stereocenters. The second kappa shape index (κ2) is 15.3. The van der Waals surface area contributed by atoms with Crippen LogP contribution in [0, 0.1) is 24.2 Å². The molecule has 0 saturated heterocycles. The summed E-state index contributed by atoms with van der Waals surface area (Å²) in [5.41, 5.74) is 1.69. The minimum atomic E-state index is -3.53. The molecule has 2 N–H and O–H groups in total. The molecule has 0 aliphatic rings. The Morgan fingerprint density at radius 2 is 1.66 bits per heavy atom. The number of carbonyl (C=O) groups is 2. The summed E-state index contributed by atoms with van der Waals surface area (Å²) in [5.74, 6) is -1.15. The van der Waals surface area contributed by atoms with Gasteiger partial charge in [-0.15, -0.1) is 11.3 Å². The Morgan fingerprint density at radius 1 is 1.05 bits per heavy atom. The average Bonchev–Trinajstić information content (AvgIpc) is 3.34. The lowest BCUT2D eigenvalue weighted by Crippen LogP contribution is -2.32. The maximum absolute atomic E-state index is 12.4. The van der Waals surface area contributed by atoms with E-state index in [4.69, 9.17) is 14.9 Å². The van der Waals surface area contributed by atoms with Crippen LogP contribution in [0.1, 0.15) is 71.8 Å². The van der Waals surface area contributed by atoms with Gasteiger partial charge >= 0.3 is 11.9 Å². The van der Waals surface area contributed by atoms with Gasteiger partial charge < -0.3 is 14.9 Å². The predicted molar refractivity (Wildman–Crippen MR) is 157 cm³/mol. The minimum absolute atomic E-state index is 0.0801. The van der Waals surface area contributed by atoms with Crippen LogP contribution in [0.25, 0.3) is 10.6 Å². The molecule has 0 amide bonds. The van der Waals surface area contributed by atoms with Gasteiger partial charge in [0.25, 0.3) is 0 Å². The number of aryl methyl sites for hydroxylation is 1. The van der Waals surface area contributed by atoms with Crippen LogP contribution < -0.4 is 4.74 Å². The minimum Gasteiger partial charge on any atom is -0.492 e. The SMILES string of the molecule is CCCN(CCC)S(=O)(=O)c1ccc(C(=O)O)cc1.Cc1nc(-c2ccc(OCC(C)C)c(C#N)c2)sc1C(=O)O. The summed E-state index contributed by atoms with van der Waals surface area (Å²) in [6, 6.07) is 12.6. The Morgan fingerprint density at radius 3 is 2.12 bits per heavy atom. The lowest BCUT2D eigenvalue weighted by molar-refractivity contribution is 0.0688. The van der Waals surface area contributed by atoms with Crippen LogP contribution in [0.15, 0.2) is 47.4 Å². The number of benzene rings is 2. The van der Waals surface area contributed by atoms with Crippen LogP contribution in [-0.2, 0) is 10.0 Å². The second-order valence-corrected chi connectivity index (χ2v) is 12.4. The number of ether oxygens (including phenoxy) is 1. The molecule has 0 bridgehead atoms. The Kier molecular flexibility index (Phi) is 12.5. The Labute approximate surface area is 244 Å². The Bertz CT molecular complexity index is 1490. The van der Waals surface area contributed by atoms with Crippen molar-refractivity contribution in [3.8, 4) is 22.4 Å². The van der Waals surface area contributed by atoms with Gasteiger partial charge in [-0.25, -0.2) is 23.0 Å². The van der Waals surface area contributed by atoms with Crippen molar-refractivity contribution in [1.82, 2.24) is 9.29 Å². The van der Waals surface area contributed by atoms with Crippen molar-refractivity contribution in [2.24, 2.45) is 5.92 Å². The number of nitrogens with zero attached hydrogens (tertiary/aromatic N) is 3. The zero-order valence-electron chi connectivity index (χ0n) is 23.7. The molecule has 12 heteroatoms. The number of rotatable bonds is 12. The fourth-order valence-corrected chi connectivity index (χ4v) is 6.15. The largest absolute Gasteiger partial charge is 0.492 e. The molecular formula is C29H35N3O7S2. The van der Waals surface area contributed by atoms with E-state index in [0.717, 1.165) is 24.2 Å². The number of carboxylic acid groups (broad SMARTS) is 2. The van der Waals surface area contributed by atoms with Crippen molar-refractivity contribution in [2.45, 2.75) is 52.4 Å². The van der Waals surface area contributed by atoms with E-state index >= 15 is 0 Å². The highest BCUT2D eigenvalue weighted by atomic mass is 32.2. The molecule has 0 saturated carbocycles. The first kappa shape index (κ1) is 33.4. The molecule has 3 aromatic rings. The zero-order chi connectivity index (χ0) is 30.7. The first-order valence-corrected chi connectivity index (χ1v) is 15.3. The highest BCUT2D eigenvalue weighted by molar-refractivity contribution is 7.89. The van der Waals surface area contributed by atoms with Crippen LogP contribution in [-0.4, -0.2) is 59.6 Å². The molecular weight excluding hydrogens is 566 g/mol. The number of carboxylic acids is 2. The maximum atomic E-state index is 12.4. The first-order chi connectivity index (χ1) is 19.3. The number of aromatic nitrogens is 1. The normalized spacial score (nSPS) is 11.1. The highest BCUT2D eigenvalue weighted by Gasteiger charge is 2.23. The van der Waals surface area contributed by atoms with E-state index in [0.29, 0.717) is 53.2 Å². The van der Waals surface area contributed by atoms with Crippen molar-refractivity contribution < 1.29 is 33.0 Å². The smallest absolute Gasteiger partial charge is 0.347 e. The van der Waals surface area contributed by atoms with E-state index in [2.05, 4.69) is 11.1 Å². The van der Waals surface area contributed by atoms with Crippen LogP contribution in [0.4, 0.5) is 0 Å². The molecule has 0 aliphatic heterocycles. The summed E-state index contributed by atoms with van der Waals surface area (Å²) in [5, 5.41) is 27.7. The summed E-state index contributed by atoms with van der Waals surface area (Å²) in [6.07, 6.45) is 1.48. The topological polar surface area (TPSA) is 158 Å². The molecule has 0 spiro atoms. The highest BCUT2D eigenvalue weighted by Crippen LogP contribution is 2.31. The predicted octanol–water partition coefficient (Wildman–Crippen LogP) is 5.92. The summed E-state index contributed by atoms with van der Waals surface area (Å²) in [7, 11) is -3.53. The molecule has 3 rings (SSSR count). The Balaban J connectivity index is 0.000000290. The van der Waals surface area contributed by atoms with E-state index in [1.54, 1.807) is 25.1 Å². The number of aromatic carboxylic acids is 2. The zero-order valence-corrected chi connectivity index (χ0v) is 25.4. The fraction of sp³-hybridized carbons (Fsp3) is 0.379. The fourth-order valence-electron chi connectivity index (χ4n) is 3.62. The second-order valence-electron chi connectivity index (χ2n) is 9.50. The van der Waals surface area contributed by atoms with Gasteiger partial charge in [0, 0.05) is 18.7 Å². The van der Waals surface area contributed by atoms with E-state index in [9.17, 15) is 23.3 Å². The summed E-state index contributed by atoms with van der Waals surface area (Å²) in [6.45, 7) is 11.0. The van der Waals surface area contributed by atoms with Crippen molar-refractivity contribution >= 4 is 33.3 Å². The lowest BCUT2D eigenvalue weighted by Gasteiger charge is -2.20. The summed E-state index contributed by atoms with van der Waals surface area (Å²) >= 11 is 1.10. The molecule has 10 nitrogen and oxygen atoms in total. The van der Waals surface area contributed by atoms with Crippen LogP contribution in [0.5, 0.6) is 5.75 Å². The third kappa shape index (κ3) is 9.11. The maximum Gasteiger partial charge on any atom is 0.347 e. The van der Waals surface area contributed by atoms with Gasteiger partial charge in [0.2, 0.25) is 10.0 Å². The Hall–Kier alpha value is -3.79. The van der Waals surface area contributed by atoms with Crippen molar-refractivity contribution in [1.29, 1.82) is 5.26 Å². The third-order valence-electron chi connectivity index (χ3n) is 5.60. The van der Waals surface area contributed by atoms with E-state index in [1.807, 2.05) is 27.7 Å². The molecule has 0 radical (unpaired) electrons. The standard InChI is InChI=1S/C16H16N2O3S.C13H19NO4S/c1-9(2)8-21-13-5-4-11(6-12(13)7-17)15-18-10(3)14(22-15)16(19)20;1-3-9-14(10-4-2)19(17,18)12-7-5-11(6-8-12)13(15)16/h4-6,9H,8H2,1-3H3,(H,19,20);5-8H,3-4,9-10H2,1-2H3,(H,15,16). The molecule has 0 atom stereocenters. The van der Waals surface area contributed by atoms with Crippen molar-refractivity contribution in [2.75, 3.05) is 19.7 Å². The van der Waals surface area contributed by atoms with Crippen molar-refractivity contribution in [3.05, 3.63) is 64.2 Å². The van der Waals surface area contributed by atoms with Gasteiger partial charge in [0.15, 0.2) is 0 Å². The van der Waals surface area contributed by atoms with E-state index in [1.165, 1.54) is 28.6 Å². The number of hydrogen-bond acceptors (Lipinski definition) is 8. The molecule has 220 valence electrons. The lowest BCUT2D eigenvalue weighted by atomic mass is 10.1. The van der Waals surface area contributed by atoms with Gasteiger partial charge in [-0.05, 0) is 68.1 Å². The quantitative estimate of drug-likeness (QED) is 0.257. The average molecular weight is 602 g/mol. The number of thiazole rings is 1. The summed E-state index contributed by atoms with van der Waals surface area (Å²) < 4.78 is 31.8. The van der Waals surface area contributed by atoms with Crippen molar-refractivity contribution in [3.63, 3.8) is 0 Å². The molecule has 1 heterocycles. The molecule has 0 aliphatic carbocycles. The van der Waals surface area contributed by atoms with E-state index < -0.39 is 22.0 Å². The van der Waals surface area contributed by atoms with Gasteiger partial charge in [-0.2, -0.15) is 9.57 Å². The van der Waals surface area contributed by atoms with Gasteiger partial charge in [0.05, 0.1) is 28.3 Å². The third-order valence-corrected chi connectivity index (χ3v) is 8.70. The first-order valence-electron chi connectivity index (χ1n) is 13.1. The number of nitriles is 1. The van der Waals surface area contributed by atoms with Gasteiger partial charge in [0.1, 0.15) is 21.7 Å². The number of hydrogen-bond donors (Lipinski definition) is 2. The summed E-state index contributed by atoms with van der Waals surface area (Å²) in [4.78, 5) is 26.5. The van der Waals surface area contributed by atoms with Crippen LogP contribution in [0.3, 0.4) is 0 Å². The molecule has 1 aromatic heterocycles. The monoisotopic (exact) mass is 601 g/mol.